The van der Waals surface area contributed by atoms with Crippen LogP contribution in [-0.2, 0) is 15.0 Å². The van der Waals surface area contributed by atoms with Crippen molar-refractivity contribution in [1.82, 2.24) is 0 Å². The molecule has 0 aliphatic heterocycles. The lowest BCUT2D eigenvalue weighted by molar-refractivity contribution is -0.145. The number of rotatable bonds is 6. The normalized spacial score (nSPS) is 12.7. The Morgan fingerprint density at radius 2 is 1.79 bits per heavy atom. The SMILES string of the molecule is C[C@](CC(=O)Nc1ccc(SC#N)cc1)(C(=O)O)c1ccccc1. The van der Waals surface area contributed by atoms with E-state index in [9.17, 15) is 14.7 Å². The molecule has 24 heavy (non-hydrogen) atoms. The van der Waals surface area contributed by atoms with Crippen molar-refractivity contribution in [2.75, 3.05) is 5.32 Å². The molecule has 0 aliphatic rings. The van der Waals surface area contributed by atoms with Crippen molar-refractivity contribution in [2.24, 2.45) is 0 Å². The third-order valence-electron chi connectivity index (χ3n) is 3.70. The Kier molecular flexibility index (Phi) is 5.61. The molecule has 0 unspecified atom stereocenters. The quantitative estimate of drug-likeness (QED) is 0.619. The number of amides is 1. The number of nitriles is 1. The highest BCUT2D eigenvalue weighted by atomic mass is 32.2. The lowest BCUT2D eigenvalue weighted by atomic mass is 9.79. The number of aliphatic carboxylic acids is 1. The maximum absolute atomic E-state index is 12.3. The minimum Gasteiger partial charge on any atom is -0.481 e. The predicted octanol–water partition coefficient (Wildman–Crippen LogP) is 3.63. The lowest BCUT2D eigenvalue weighted by Gasteiger charge is -2.24. The first-order valence-corrected chi connectivity index (χ1v) is 8.02. The van der Waals surface area contributed by atoms with E-state index < -0.39 is 11.4 Å². The minimum absolute atomic E-state index is 0.180. The number of hydrogen-bond donors (Lipinski definition) is 2. The standard InChI is InChI=1S/C18H16N2O3S/c1-18(17(22)23,13-5-3-2-4-6-13)11-16(21)20-14-7-9-15(10-8-14)24-12-19/h2-10H,11H2,1H3,(H,20,21)(H,22,23)/t18-/m1/s1. The number of hydrogen-bond acceptors (Lipinski definition) is 4. The number of carboxylic acid groups (broad SMARTS) is 1. The van der Waals surface area contributed by atoms with Crippen molar-refractivity contribution in [3.05, 3.63) is 60.2 Å². The number of benzene rings is 2. The van der Waals surface area contributed by atoms with Crippen LogP contribution < -0.4 is 5.32 Å². The van der Waals surface area contributed by atoms with E-state index in [0.717, 1.165) is 16.7 Å². The molecule has 0 aromatic heterocycles. The smallest absolute Gasteiger partial charge is 0.314 e. The molecule has 0 heterocycles. The van der Waals surface area contributed by atoms with Crippen LogP contribution in [0.4, 0.5) is 5.69 Å². The highest BCUT2D eigenvalue weighted by Crippen LogP contribution is 2.28. The zero-order chi connectivity index (χ0) is 17.6. The summed E-state index contributed by atoms with van der Waals surface area (Å²) in [6, 6.07) is 15.5. The van der Waals surface area contributed by atoms with Crippen molar-refractivity contribution in [2.45, 2.75) is 23.7 Å². The van der Waals surface area contributed by atoms with E-state index in [-0.39, 0.29) is 12.3 Å². The summed E-state index contributed by atoms with van der Waals surface area (Å²) in [7, 11) is 0. The van der Waals surface area contributed by atoms with Crippen molar-refractivity contribution in [3.63, 3.8) is 0 Å². The van der Waals surface area contributed by atoms with Crippen LogP contribution in [-0.4, -0.2) is 17.0 Å². The summed E-state index contributed by atoms with van der Waals surface area (Å²) in [5.74, 6) is -1.44. The summed E-state index contributed by atoms with van der Waals surface area (Å²) >= 11 is 1.03. The van der Waals surface area contributed by atoms with Gasteiger partial charge >= 0.3 is 5.97 Å². The highest BCUT2D eigenvalue weighted by molar-refractivity contribution is 8.03. The zero-order valence-corrected chi connectivity index (χ0v) is 13.8. The average molecular weight is 340 g/mol. The molecule has 0 saturated carbocycles. The first-order valence-electron chi connectivity index (χ1n) is 7.20. The van der Waals surface area contributed by atoms with Gasteiger partial charge < -0.3 is 10.4 Å². The lowest BCUT2D eigenvalue weighted by Crippen LogP contribution is -2.36. The Hall–Kier alpha value is -2.78. The summed E-state index contributed by atoms with van der Waals surface area (Å²) in [5.41, 5.74) is -0.168. The summed E-state index contributed by atoms with van der Waals surface area (Å²) in [6.07, 6.45) is -0.180. The van der Waals surface area contributed by atoms with Crippen LogP contribution in [0.25, 0.3) is 0 Å². The molecular formula is C18H16N2O3S. The van der Waals surface area contributed by atoms with Gasteiger partial charge in [0.15, 0.2) is 0 Å². The molecule has 0 radical (unpaired) electrons. The van der Waals surface area contributed by atoms with Gasteiger partial charge in [0.2, 0.25) is 5.91 Å². The second kappa shape index (κ2) is 7.66. The fourth-order valence-electron chi connectivity index (χ4n) is 2.29. The van der Waals surface area contributed by atoms with E-state index in [4.69, 9.17) is 5.26 Å². The number of carbonyl (C=O) groups is 2. The van der Waals surface area contributed by atoms with E-state index in [1.165, 1.54) is 6.92 Å². The monoisotopic (exact) mass is 340 g/mol. The largest absolute Gasteiger partial charge is 0.481 e. The van der Waals surface area contributed by atoms with E-state index >= 15 is 0 Å². The van der Waals surface area contributed by atoms with Crippen LogP contribution in [0.5, 0.6) is 0 Å². The number of nitrogens with zero attached hydrogens (tertiary/aromatic N) is 1. The number of anilines is 1. The predicted molar refractivity (Wildman–Crippen MR) is 92.6 cm³/mol. The van der Waals surface area contributed by atoms with Gasteiger partial charge in [-0.25, -0.2) is 0 Å². The van der Waals surface area contributed by atoms with Crippen molar-refractivity contribution < 1.29 is 14.7 Å². The number of thioether (sulfide) groups is 1. The average Bonchev–Trinajstić information content (AvgIpc) is 2.57. The van der Waals surface area contributed by atoms with Crippen LogP contribution in [0.1, 0.15) is 18.9 Å². The van der Waals surface area contributed by atoms with Crippen molar-refractivity contribution in [1.29, 1.82) is 5.26 Å². The maximum atomic E-state index is 12.3. The molecule has 0 aliphatic carbocycles. The fourth-order valence-corrected chi connectivity index (χ4v) is 2.67. The summed E-state index contributed by atoms with van der Waals surface area (Å²) in [4.78, 5) is 24.8. The van der Waals surface area contributed by atoms with Gasteiger partial charge in [-0.15, -0.1) is 0 Å². The van der Waals surface area contributed by atoms with E-state index in [0.29, 0.717) is 11.3 Å². The van der Waals surface area contributed by atoms with Gasteiger partial charge in [0.25, 0.3) is 0 Å². The number of carboxylic acids is 1. The van der Waals surface area contributed by atoms with Gasteiger partial charge in [-0.3, -0.25) is 9.59 Å². The van der Waals surface area contributed by atoms with Gasteiger partial charge in [-0.2, -0.15) is 5.26 Å². The fraction of sp³-hybridized carbons (Fsp3) is 0.167. The summed E-state index contributed by atoms with van der Waals surface area (Å²) in [5, 5.41) is 22.9. The molecular weight excluding hydrogens is 324 g/mol. The first kappa shape index (κ1) is 17.6. The Balaban J connectivity index is 2.11. The van der Waals surface area contributed by atoms with Crippen LogP contribution in [0.2, 0.25) is 0 Å². The molecule has 6 heteroatoms. The number of nitrogens with one attached hydrogen (secondary N) is 1. The summed E-state index contributed by atoms with van der Waals surface area (Å²) in [6.45, 7) is 1.54. The Morgan fingerprint density at radius 3 is 2.33 bits per heavy atom. The van der Waals surface area contributed by atoms with Gasteiger partial charge in [-0.05, 0) is 48.5 Å². The van der Waals surface area contributed by atoms with Crippen LogP contribution in [0.3, 0.4) is 0 Å². The molecule has 122 valence electrons. The third-order valence-corrected chi connectivity index (χ3v) is 4.30. The molecule has 1 atom stereocenters. The van der Waals surface area contributed by atoms with Crippen LogP contribution >= 0.6 is 11.8 Å². The molecule has 2 aromatic carbocycles. The molecule has 2 N–H and O–H groups in total. The highest BCUT2D eigenvalue weighted by Gasteiger charge is 2.37. The molecule has 2 aromatic rings. The molecule has 0 saturated heterocycles. The second-order valence-electron chi connectivity index (χ2n) is 5.45. The molecule has 2 rings (SSSR count). The van der Waals surface area contributed by atoms with Crippen LogP contribution in [0, 0.1) is 10.7 Å². The Bertz CT molecular complexity index is 769. The Morgan fingerprint density at radius 1 is 1.17 bits per heavy atom. The second-order valence-corrected chi connectivity index (χ2v) is 6.30. The third kappa shape index (κ3) is 4.15. The maximum Gasteiger partial charge on any atom is 0.314 e. The van der Waals surface area contributed by atoms with Crippen LogP contribution in [0.15, 0.2) is 59.5 Å². The zero-order valence-electron chi connectivity index (χ0n) is 13.0. The van der Waals surface area contributed by atoms with Gasteiger partial charge in [-0.1, -0.05) is 30.3 Å². The van der Waals surface area contributed by atoms with Crippen molar-refractivity contribution >= 4 is 29.3 Å². The number of carbonyl (C=O) groups excluding carboxylic acids is 1. The molecule has 1 amide bonds. The van der Waals surface area contributed by atoms with E-state index in [1.807, 2.05) is 5.40 Å². The summed E-state index contributed by atoms with van der Waals surface area (Å²) < 4.78 is 0. The van der Waals surface area contributed by atoms with Crippen molar-refractivity contribution in [3.8, 4) is 5.40 Å². The minimum atomic E-state index is -1.30. The van der Waals surface area contributed by atoms with E-state index in [1.54, 1.807) is 54.6 Å². The Labute approximate surface area is 144 Å². The van der Waals surface area contributed by atoms with Gasteiger partial charge in [0.05, 0.1) is 5.41 Å². The van der Waals surface area contributed by atoms with Gasteiger partial charge in [0, 0.05) is 17.0 Å². The molecule has 0 fully saturated rings. The molecule has 5 nitrogen and oxygen atoms in total. The van der Waals surface area contributed by atoms with Gasteiger partial charge in [0.1, 0.15) is 5.40 Å². The van der Waals surface area contributed by atoms with E-state index in [2.05, 4.69) is 5.32 Å². The number of thiocyanates is 1. The first-order chi connectivity index (χ1) is 11.5. The molecule has 0 bridgehead atoms. The topological polar surface area (TPSA) is 90.2 Å². The molecule has 0 spiro atoms.